The SMILES string of the molecule is CC(Br)CCC(C)C(=O)O. The number of carboxylic acids is 1. The van der Waals surface area contributed by atoms with E-state index in [-0.39, 0.29) is 5.92 Å². The molecule has 0 spiro atoms. The maximum atomic E-state index is 10.3. The van der Waals surface area contributed by atoms with Gasteiger partial charge < -0.3 is 5.11 Å². The molecule has 2 nitrogen and oxygen atoms in total. The second kappa shape index (κ2) is 4.72. The molecule has 0 radical (unpaired) electrons. The number of alkyl halides is 1. The minimum Gasteiger partial charge on any atom is -0.481 e. The van der Waals surface area contributed by atoms with E-state index in [4.69, 9.17) is 5.11 Å². The number of aliphatic carboxylic acids is 1. The lowest BCUT2D eigenvalue weighted by Gasteiger charge is -2.06. The first-order chi connectivity index (χ1) is 4.54. The van der Waals surface area contributed by atoms with Crippen molar-refractivity contribution in [2.75, 3.05) is 0 Å². The second-order valence-corrected chi connectivity index (χ2v) is 4.16. The van der Waals surface area contributed by atoms with Crippen LogP contribution < -0.4 is 0 Å². The summed E-state index contributed by atoms with van der Waals surface area (Å²) in [6, 6.07) is 0. The van der Waals surface area contributed by atoms with Crippen LogP contribution >= 0.6 is 15.9 Å². The van der Waals surface area contributed by atoms with Gasteiger partial charge in [-0.1, -0.05) is 29.8 Å². The molecule has 2 atom stereocenters. The average Bonchev–Trinajstić information content (AvgIpc) is 1.82. The van der Waals surface area contributed by atoms with Crippen molar-refractivity contribution in [2.24, 2.45) is 5.92 Å². The van der Waals surface area contributed by atoms with Gasteiger partial charge in [0.1, 0.15) is 0 Å². The molecule has 10 heavy (non-hydrogen) atoms. The molecule has 0 fully saturated rings. The summed E-state index contributed by atoms with van der Waals surface area (Å²) in [5.41, 5.74) is 0. The number of hydrogen-bond donors (Lipinski definition) is 1. The van der Waals surface area contributed by atoms with Crippen molar-refractivity contribution in [3.8, 4) is 0 Å². The molecule has 0 bridgehead atoms. The van der Waals surface area contributed by atoms with Crippen LogP contribution in [0.4, 0.5) is 0 Å². The summed E-state index contributed by atoms with van der Waals surface area (Å²) in [6.07, 6.45) is 1.68. The van der Waals surface area contributed by atoms with E-state index in [1.807, 2.05) is 6.92 Å². The lowest BCUT2D eigenvalue weighted by Crippen LogP contribution is -2.10. The summed E-state index contributed by atoms with van der Waals surface area (Å²) < 4.78 is 0. The Morgan fingerprint density at radius 3 is 2.30 bits per heavy atom. The van der Waals surface area contributed by atoms with E-state index in [1.165, 1.54) is 0 Å². The third-order valence-corrected chi connectivity index (χ3v) is 1.88. The molecule has 0 aromatic rings. The van der Waals surface area contributed by atoms with Gasteiger partial charge in [0.25, 0.3) is 0 Å². The van der Waals surface area contributed by atoms with Gasteiger partial charge in [0, 0.05) is 4.83 Å². The number of rotatable bonds is 4. The third-order valence-electron chi connectivity index (χ3n) is 1.42. The maximum Gasteiger partial charge on any atom is 0.306 e. The van der Waals surface area contributed by atoms with Crippen molar-refractivity contribution in [2.45, 2.75) is 31.5 Å². The summed E-state index contributed by atoms with van der Waals surface area (Å²) >= 11 is 3.36. The molecule has 0 saturated carbocycles. The van der Waals surface area contributed by atoms with Crippen molar-refractivity contribution >= 4 is 21.9 Å². The molecule has 0 aromatic heterocycles. The van der Waals surface area contributed by atoms with Gasteiger partial charge in [0.2, 0.25) is 0 Å². The van der Waals surface area contributed by atoms with Crippen molar-refractivity contribution < 1.29 is 9.90 Å². The molecule has 0 saturated heterocycles. The van der Waals surface area contributed by atoms with Gasteiger partial charge in [0.15, 0.2) is 0 Å². The zero-order valence-corrected chi connectivity index (χ0v) is 7.89. The van der Waals surface area contributed by atoms with E-state index in [9.17, 15) is 4.79 Å². The summed E-state index contributed by atoms with van der Waals surface area (Å²) in [7, 11) is 0. The first-order valence-electron chi connectivity index (χ1n) is 3.41. The Labute approximate surface area is 69.8 Å². The van der Waals surface area contributed by atoms with Crippen LogP contribution in [0.1, 0.15) is 26.7 Å². The summed E-state index contributed by atoms with van der Waals surface area (Å²) in [5.74, 6) is -0.909. The maximum absolute atomic E-state index is 10.3. The fourth-order valence-electron chi connectivity index (χ4n) is 0.603. The molecule has 0 amide bonds. The topological polar surface area (TPSA) is 37.3 Å². The van der Waals surface area contributed by atoms with Gasteiger partial charge in [-0.3, -0.25) is 4.79 Å². The van der Waals surface area contributed by atoms with Gasteiger partial charge in [-0.25, -0.2) is 0 Å². The molecule has 0 aliphatic rings. The fraction of sp³-hybridized carbons (Fsp3) is 0.857. The lowest BCUT2D eigenvalue weighted by molar-refractivity contribution is -0.141. The molecule has 2 unspecified atom stereocenters. The minimum atomic E-state index is -0.701. The van der Waals surface area contributed by atoms with Crippen LogP contribution in [0.3, 0.4) is 0 Å². The quantitative estimate of drug-likeness (QED) is 0.721. The molecular formula is C7H13BrO2. The van der Waals surface area contributed by atoms with Crippen LogP contribution in [0.25, 0.3) is 0 Å². The van der Waals surface area contributed by atoms with Crippen molar-refractivity contribution in [3.05, 3.63) is 0 Å². The Kier molecular flexibility index (Phi) is 4.69. The molecule has 1 N–H and O–H groups in total. The van der Waals surface area contributed by atoms with Gasteiger partial charge in [-0.15, -0.1) is 0 Å². The Hall–Kier alpha value is -0.0500. The predicted octanol–water partition coefficient (Wildman–Crippen LogP) is 2.27. The first-order valence-corrected chi connectivity index (χ1v) is 4.32. The van der Waals surface area contributed by atoms with Gasteiger partial charge in [-0.05, 0) is 12.8 Å². The third kappa shape index (κ3) is 4.79. The largest absolute Gasteiger partial charge is 0.481 e. The van der Waals surface area contributed by atoms with Gasteiger partial charge in [0.05, 0.1) is 5.92 Å². The van der Waals surface area contributed by atoms with Crippen molar-refractivity contribution in [1.29, 1.82) is 0 Å². The summed E-state index contributed by atoms with van der Waals surface area (Å²) in [5, 5.41) is 8.48. The molecule has 3 heteroatoms. The minimum absolute atomic E-state index is 0.208. The molecule has 0 heterocycles. The van der Waals surface area contributed by atoms with Gasteiger partial charge >= 0.3 is 5.97 Å². The monoisotopic (exact) mass is 208 g/mol. The van der Waals surface area contributed by atoms with Crippen LogP contribution in [0.5, 0.6) is 0 Å². The number of carboxylic acid groups (broad SMARTS) is 1. The van der Waals surface area contributed by atoms with E-state index < -0.39 is 5.97 Å². The highest BCUT2D eigenvalue weighted by atomic mass is 79.9. The molecule has 0 aliphatic heterocycles. The van der Waals surface area contributed by atoms with Crippen molar-refractivity contribution in [1.82, 2.24) is 0 Å². The fourth-order valence-corrected chi connectivity index (χ4v) is 0.867. The molecule has 0 aliphatic carbocycles. The van der Waals surface area contributed by atoms with Crippen LogP contribution in [-0.4, -0.2) is 15.9 Å². The smallest absolute Gasteiger partial charge is 0.306 e. The average molecular weight is 209 g/mol. The van der Waals surface area contributed by atoms with E-state index in [0.717, 1.165) is 12.8 Å². The Bertz CT molecular complexity index is 112. The molecule has 0 aromatic carbocycles. The normalized spacial score (nSPS) is 16.3. The molecule has 0 rings (SSSR count). The second-order valence-electron chi connectivity index (χ2n) is 2.60. The van der Waals surface area contributed by atoms with Crippen LogP contribution in [0, 0.1) is 5.92 Å². The highest BCUT2D eigenvalue weighted by molar-refractivity contribution is 9.09. The lowest BCUT2D eigenvalue weighted by atomic mass is 10.1. The Balaban J connectivity index is 3.40. The molecular weight excluding hydrogens is 196 g/mol. The van der Waals surface area contributed by atoms with E-state index in [2.05, 4.69) is 15.9 Å². The predicted molar refractivity (Wildman–Crippen MR) is 44.4 cm³/mol. The van der Waals surface area contributed by atoms with Crippen LogP contribution in [0.2, 0.25) is 0 Å². The van der Waals surface area contributed by atoms with Crippen LogP contribution in [-0.2, 0) is 4.79 Å². The zero-order valence-electron chi connectivity index (χ0n) is 6.30. The Morgan fingerprint density at radius 1 is 1.50 bits per heavy atom. The van der Waals surface area contributed by atoms with Gasteiger partial charge in [-0.2, -0.15) is 0 Å². The standard InChI is InChI=1S/C7H13BrO2/c1-5(7(9)10)3-4-6(2)8/h5-6H,3-4H2,1-2H3,(H,9,10). The number of carbonyl (C=O) groups is 1. The van der Waals surface area contributed by atoms with E-state index in [0.29, 0.717) is 4.83 Å². The molecule has 60 valence electrons. The highest BCUT2D eigenvalue weighted by Gasteiger charge is 2.10. The Morgan fingerprint density at radius 2 is 2.00 bits per heavy atom. The zero-order chi connectivity index (χ0) is 8.15. The summed E-state index contributed by atoms with van der Waals surface area (Å²) in [4.78, 5) is 10.7. The van der Waals surface area contributed by atoms with Crippen molar-refractivity contribution in [3.63, 3.8) is 0 Å². The number of halogens is 1. The highest BCUT2D eigenvalue weighted by Crippen LogP contribution is 2.12. The summed E-state index contributed by atoms with van der Waals surface area (Å²) in [6.45, 7) is 3.76. The van der Waals surface area contributed by atoms with E-state index >= 15 is 0 Å². The van der Waals surface area contributed by atoms with E-state index in [1.54, 1.807) is 6.92 Å². The van der Waals surface area contributed by atoms with Crippen LogP contribution in [0.15, 0.2) is 0 Å². The first kappa shape index (κ1) is 9.95. The number of hydrogen-bond acceptors (Lipinski definition) is 1.